The summed E-state index contributed by atoms with van der Waals surface area (Å²) in [4.78, 5) is 12.5. The maximum atomic E-state index is 12.5. The van der Waals surface area contributed by atoms with E-state index in [9.17, 15) is 18.0 Å². The van der Waals surface area contributed by atoms with Crippen LogP contribution in [0.5, 0.6) is 17.4 Å². The number of rotatable bonds is 10. The van der Waals surface area contributed by atoms with Crippen molar-refractivity contribution in [3.8, 4) is 17.4 Å². The van der Waals surface area contributed by atoms with E-state index < -0.39 is 12.3 Å². The van der Waals surface area contributed by atoms with Gasteiger partial charge in [0.05, 0.1) is 26.9 Å². The van der Waals surface area contributed by atoms with Crippen LogP contribution in [0.15, 0.2) is 48.5 Å². The predicted octanol–water partition coefficient (Wildman–Crippen LogP) is 5.76. The van der Waals surface area contributed by atoms with E-state index in [4.69, 9.17) is 14.2 Å². The van der Waals surface area contributed by atoms with E-state index in [0.29, 0.717) is 13.2 Å². The molecule has 38 heavy (non-hydrogen) atoms. The van der Waals surface area contributed by atoms with Crippen LogP contribution in [0.1, 0.15) is 60.1 Å². The highest BCUT2D eigenvalue weighted by atomic mass is 19.4. The van der Waals surface area contributed by atoms with Crippen molar-refractivity contribution in [3.63, 3.8) is 0 Å². The number of alkyl halides is 3. The Hall–Kier alpha value is -3.76. The molecule has 1 heterocycles. The number of benzene rings is 2. The molecule has 1 aromatic heterocycles. The van der Waals surface area contributed by atoms with Crippen LogP contribution in [-0.4, -0.2) is 47.6 Å². The van der Waals surface area contributed by atoms with Crippen LogP contribution >= 0.6 is 0 Å². The summed E-state index contributed by atoms with van der Waals surface area (Å²) < 4.78 is 59.2. The van der Waals surface area contributed by atoms with Crippen molar-refractivity contribution in [2.45, 2.75) is 51.4 Å². The van der Waals surface area contributed by atoms with E-state index in [1.54, 1.807) is 30.8 Å². The minimum absolute atomic E-state index is 0.0372. The molecule has 2 aromatic carbocycles. The number of hydrogen-bond donors (Lipinski definition) is 0. The van der Waals surface area contributed by atoms with E-state index in [2.05, 4.69) is 15.0 Å². The third-order valence-corrected chi connectivity index (χ3v) is 6.54. The molecule has 1 aliphatic rings. The van der Waals surface area contributed by atoms with Gasteiger partial charge in [0.2, 0.25) is 11.6 Å². The molecule has 11 heteroatoms. The molecule has 1 saturated carbocycles. The zero-order valence-corrected chi connectivity index (χ0v) is 21.2. The molecule has 0 saturated heterocycles. The Bertz CT molecular complexity index is 1190. The summed E-state index contributed by atoms with van der Waals surface area (Å²) in [6.45, 7) is 2.66. The topological polar surface area (TPSA) is 84.7 Å². The zero-order chi connectivity index (χ0) is 27.1. The smallest absolute Gasteiger partial charge is 0.497 e. The van der Waals surface area contributed by atoms with Gasteiger partial charge < -0.3 is 18.9 Å². The first-order chi connectivity index (χ1) is 18.3. The van der Waals surface area contributed by atoms with E-state index in [-0.39, 0.29) is 35.8 Å². The summed E-state index contributed by atoms with van der Waals surface area (Å²) in [5.74, 6) is 0.687. The van der Waals surface area contributed by atoms with Crippen LogP contribution < -0.4 is 14.2 Å². The minimum Gasteiger partial charge on any atom is -0.497 e. The molecule has 0 unspecified atom stereocenters. The molecule has 1 aliphatic carbocycles. The second-order valence-electron chi connectivity index (χ2n) is 9.11. The molecule has 1 fully saturated rings. The molecule has 0 spiro atoms. The molecule has 0 bridgehead atoms. The van der Waals surface area contributed by atoms with Crippen molar-refractivity contribution < 1.29 is 36.9 Å². The lowest BCUT2D eigenvalue weighted by molar-refractivity contribution is -0.274. The number of carbonyl (C=O) groups is 1. The molecular formula is C27H30F3N3O5. The first kappa shape index (κ1) is 27.3. The van der Waals surface area contributed by atoms with Crippen molar-refractivity contribution in [3.05, 3.63) is 65.4 Å². The first-order valence-corrected chi connectivity index (χ1v) is 12.5. The van der Waals surface area contributed by atoms with E-state index in [0.717, 1.165) is 42.6 Å². The van der Waals surface area contributed by atoms with Crippen molar-refractivity contribution in [1.82, 2.24) is 15.0 Å². The minimum atomic E-state index is -4.70. The number of halogens is 3. The van der Waals surface area contributed by atoms with Gasteiger partial charge in [-0.15, -0.1) is 18.3 Å². The Labute approximate surface area is 218 Å². The number of esters is 1. The fraction of sp³-hybridized carbons (Fsp3) is 0.444. The average Bonchev–Trinajstić information content (AvgIpc) is 3.30. The van der Waals surface area contributed by atoms with E-state index in [1.807, 2.05) is 24.3 Å². The number of aromatic nitrogens is 3. The summed E-state index contributed by atoms with van der Waals surface area (Å²) in [6.07, 6.45) is -1.20. The van der Waals surface area contributed by atoms with Gasteiger partial charge in [0.15, 0.2) is 0 Å². The standard InChI is InChI=1S/C27H30F3N3O5/c1-3-36-26(34)24-25(33(32-31-24)16-18-6-12-22(35-2)13-7-18)37-17-19-4-8-20(9-5-19)21-10-14-23(15-11-21)38-27(28,29)30/h6-7,10-15,19-20H,3-5,8-9,16-17H2,1-2H3. The van der Waals surface area contributed by atoms with Gasteiger partial charge >= 0.3 is 12.3 Å². The summed E-state index contributed by atoms with van der Waals surface area (Å²) in [7, 11) is 1.60. The summed E-state index contributed by atoms with van der Waals surface area (Å²) in [5, 5.41) is 8.15. The van der Waals surface area contributed by atoms with Crippen LogP contribution in [-0.2, 0) is 11.3 Å². The van der Waals surface area contributed by atoms with Crippen molar-refractivity contribution in [2.75, 3.05) is 20.3 Å². The highest BCUT2D eigenvalue weighted by Crippen LogP contribution is 2.37. The number of nitrogens with zero attached hydrogens (tertiary/aromatic N) is 3. The molecule has 8 nitrogen and oxygen atoms in total. The van der Waals surface area contributed by atoms with Gasteiger partial charge in [0.1, 0.15) is 11.5 Å². The van der Waals surface area contributed by atoms with Gasteiger partial charge in [-0.1, -0.05) is 29.5 Å². The van der Waals surface area contributed by atoms with Crippen molar-refractivity contribution in [1.29, 1.82) is 0 Å². The lowest BCUT2D eigenvalue weighted by Gasteiger charge is -2.29. The fourth-order valence-electron chi connectivity index (χ4n) is 4.58. The molecule has 0 amide bonds. The van der Waals surface area contributed by atoms with Crippen LogP contribution in [0.2, 0.25) is 0 Å². The molecule has 0 aliphatic heterocycles. The first-order valence-electron chi connectivity index (χ1n) is 12.5. The largest absolute Gasteiger partial charge is 0.573 e. The van der Waals surface area contributed by atoms with Gasteiger partial charge in [-0.25, -0.2) is 9.48 Å². The normalized spacial score (nSPS) is 17.6. The Morgan fingerprint density at radius 2 is 1.66 bits per heavy atom. The highest BCUT2D eigenvalue weighted by Gasteiger charge is 2.31. The maximum absolute atomic E-state index is 12.5. The number of carbonyl (C=O) groups excluding carboxylic acids is 1. The number of hydrogen-bond acceptors (Lipinski definition) is 7. The van der Waals surface area contributed by atoms with Gasteiger partial charge in [-0.3, -0.25) is 0 Å². The Kier molecular flexibility index (Phi) is 8.75. The molecule has 4 rings (SSSR count). The Morgan fingerprint density at radius 3 is 2.26 bits per heavy atom. The summed E-state index contributed by atoms with van der Waals surface area (Å²) >= 11 is 0. The Balaban J connectivity index is 1.37. The van der Waals surface area contributed by atoms with Crippen molar-refractivity contribution in [2.24, 2.45) is 5.92 Å². The average molecular weight is 534 g/mol. The van der Waals surface area contributed by atoms with E-state index in [1.165, 1.54) is 12.1 Å². The van der Waals surface area contributed by atoms with Crippen LogP contribution in [0.4, 0.5) is 13.2 Å². The van der Waals surface area contributed by atoms with Gasteiger partial charge in [-0.05, 0) is 79.8 Å². The second kappa shape index (κ2) is 12.2. The zero-order valence-electron chi connectivity index (χ0n) is 21.2. The predicted molar refractivity (Wildman–Crippen MR) is 131 cm³/mol. The fourth-order valence-corrected chi connectivity index (χ4v) is 4.58. The quantitative estimate of drug-likeness (QED) is 0.306. The molecule has 204 valence electrons. The van der Waals surface area contributed by atoms with Crippen LogP contribution in [0, 0.1) is 5.92 Å². The molecular weight excluding hydrogens is 503 g/mol. The highest BCUT2D eigenvalue weighted by molar-refractivity contribution is 5.89. The monoisotopic (exact) mass is 533 g/mol. The van der Waals surface area contributed by atoms with Crippen LogP contribution in [0.25, 0.3) is 0 Å². The molecule has 3 aromatic rings. The number of ether oxygens (including phenoxy) is 4. The third kappa shape index (κ3) is 7.17. The molecule has 0 atom stereocenters. The number of methoxy groups -OCH3 is 1. The SMILES string of the molecule is CCOC(=O)c1nnn(Cc2ccc(OC)cc2)c1OCC1CCC(c2ccc(OC(F)(F)F)cc2)CC1. The summed E-state index contributed by atoms with van der Waals surface area (Å²) in [5.41, 5.74) is 1.96. The lowest BCUT2D eigenvalue weighted by Crippen LogP contribution is -2.21. The van der Waals surface area contributed by atoms with Crippen LogP contribution in [0.3, 0.4) is 0 Å². The Morgan fingerprint density at radius 1 is 1.00 bits per heavy atom. The third-order valence-electron chi connectivity index (χ3n) is 6.54. The molecule has 0 radical (unpaired) electrons. The maximum Gasteiger partial charge on any atom is 0.573 e. The second-order valence-corrected chi connectivity index (χ2v) is 9.11. The molecule has 0 N–H and O–H groups in total. The van der Waals surface area contributed by atoms with Gasteiger partial charge in [0.25, 0.3) is 0 Å². The van der Waals surface area contributed by atoms with Gasteiger partial charge in [-0.2, -0.15) is 0 Å². The van der Waals surface area contributed by atoms with E-state index >= 15 is 0 Å². The van der Waals surface area contributed by atoms with Gasteiger partial charge in [0, 0.05) is 0 Å². The van der Waals surface area contributed by atoms with Crippen molar-refractivity contribution >= 4 is 5.97 Å². The lowest BCUT2D eigenvalue weighted by atomic mass is 9.79. The summed E-state index contributed by atoms with van der Waals surface area (Å²) in [6, 6.07) is 13.6.